The Kier molecular flexibility index (Phi) is 8.02. The molecule has 1 amide bonds. The number of nitrogens with zero attached hydrogens (tertiary/aromatic N) is 4. The molecule has 4 aliphatic rings. The summed E-state index contributed by atoms with van der Waals surface area (Å²) in [6.07, 6.45) is 7.22. The van der Waals surface area contributed by atoms with Gasteiger partial charge in [-0.15, -0.1) is 0 Å². The van der Waals surface area contributed by atoms with E-state index in [0.717, 1.165) is 97.9 Å². The molecular weight excluding hydrogens is 684 g/mol. The van der Waals surface area contributed by atoms with Crippen LogP contribution in [0.25, 0.3) is 11.1 Å². The first kappa shape index (κ1) is 30.4. The van der Waals surface area contributed by atoms with Crippen LogP contribution in [0.5, 0.6) is 0 Å². The summed E-state index contributed by atoms with van der Waals surface area (Å²) in [5, 5.41) is 21.7. The van der Waals surface area contributed by atoms with Crippen LogP contribution in [0.2, 0.25) is 5.02 Å². The fourth-order valence-electron chi connectivity index (χ4n) is 7.49. The first-order valence-electron chi connectivity index (χ1n) is 14.9. The van der Waals surface area contributed by atoms with Crippen LogP contribution in [0.3, 0.4) is 0 Å². The van der Waals surface area contributed by atoms with Gasteiger partial charge in [-0.1, -0.05) is 11.6 Å². The maximum atomic E-state index is 12.6. The molecule has 228 valence electrons. The van der Waals surface area contributed by atoms with Crippen molar-refractivity contribution in [2.24, 2.45) is 5.41 Å². The molecule has 1 unspecified atom stereocenters. The van der Waals surface area contributed by atoms with Crippen molar-refractivity contribution in [1.29, 1.82) is 5.41 Å². The van der Waals surface area contributed by atoms with Crippen molar-refractivity contribution in [3.05, 3.63) is 27.9 Å². The highest BCUT2D eigenvalue weighted by atomic mass is 127. The number of anilines is 2. The number of hydrogen-bond donors (Lipinski definition) is 3. The molecule has 1 atom stereocenters. The van der Waals surface area contributed by atoms with Gasteiger partial charge in [-0.3, -0.25) is 4.68 Å². The van der Waals surface area contributed by atoms with E-state index in [0.29, 0.717) is 11.4 Å². The lowest BCUT2D eigenvalue weighted by Crippen LogP contribution is -2.65. The Morgan fingerprint density at radius 3 is 2.60 bits per heavy atom. The summed E-state index contributed by atoms with van der Waals surface area (Å²) in [6.45, 7) is 14.2. The Bertz CT molecular complexity index is 1410. The second-order valence-electron chi connectivity index (χ2n) is 13.7. The number of amides is 1. The van der Waals surface area contributed by atoms with Crippen LogP contribution < -0.4 is 15.3 Å². The van der Waals surface area contributed by atoms with E-state index >= 15 is 0 Å². The van der Waals surface area contributed by atoms with Crippen molar-refractivity contribution in [3.63, 3.8) is 0 Å². The van der Waals surface area contributed by atoms with Crippen molar-refractivity contribution < 1.29 is 9.53 Å². The van der Waals surface area contributed by atoms with Gasteiger partial charge in [0.05, 0.1) is 16.6 Å². The number of ether oxygens (including phenoxy) is 1. The number of carbonyl (C=O) groups is 1. The maximum Gasteiger partial charge on any atom is 0.410 e. The summed E-state index contributed by atoms with van der Waals surface area (Å²) in [5.41, 5.74) is 5.53. The zero-order valence-electron chi connectivity index (χ0n) is 25.2. The third kappa shape index (κ3) is 5.12. The number of aromatic nitrogens is 2. The summed E-state index contributed by atoms with van der Waals surface area (Å²) < 4.78 is 7.83. The first-order chi connectivity index (χ1) is 19.9. The molecule has 0 bridgehead atoms. The zero-order chi connectivity index (χ0) is 30.0. The van der Waals surface area contributed by atoms with Crippen molar-refractivity contribution >= 4 is 63.8 Å². The van der Waals surface area contributed by atoms with E-state index in [1.54, 1.807) is 0 Å². The van der Waals surface area contributed by atoms with Gasteiger partial charge in [0, 0.05) is 78.8 Å². The summed E-state index contributed by atoms with van der Waals surface area (Å²) in [4.78, 5) is 17.0. The number of halogens is 2. The van der Waals surface area contributed by atoms with Gasteiger partial charge in [-0.05, 0) is 100 Å². The largest absolute Gasteiger partial charge is 0.444 e. The number of likely N-dealkylation sites (tertiary alicyclic amines) is 1. The lowest BCUT2D eigenvalue weighted by atomic mass is 9.61. The zero-order valence-corrected chi connectivity index (χ0v) is 29.1. The number of rotatable bonds is 6. The van der Waals surface area contributed by atoms with Crippen LogP contribution in [-0.4, -0.2) is 70.9 Å². The van der Waals surface area contributed by atoms with Crippen LogP contribution in [0.15, 0.2) is 6.07 Å². The average molecular weight is 726 g/mol. The first-order valence-corrected chi connectivity index (χ1v) is 19.4. The molecule has 2 saturated heterocycles. The van der Waals surface area contributed by atoms with Gasteiger partial charge in [-0.2, -0.15) is 5.10 Å². The molecule has 42 heavy (non-hydrogen) atoms. The molecular formula is C30H42ClIN7O2P. The van der Waals surface area contributed by atoms with Crippen LogP contribution in [0.1, 0.15) is 75.7 Å². The van der Waals surface area contributed by atoms with Crippen LogP contribution >= 0.6 is 40.0 Å². The number of benzene rings is 1. The lowest BCUT2D eigenvalue weighted by Gasteiger charge is -2.58. The number of carbonyl (C=O) groups excluding carboxylic acids is 1. The van der Waals surface area contributed by atoms with Gasteiger partial charge in [0.15, 0.2) is 5.82 Å². The molecule has 2 saturated carbocycles. The smallest absolute Gasteiger partial charge is 0.410 e. The molecule has 6 rings (SSSR count). The molecule has 1 aromatic carbocycles. The summed E-state index contributed by atoms with van der Waals surface area (Å²) in [7, 11) is 0. The van der Waals surface area contributed by atoms with E-state index in [9.17, 15) is 4.79 Å². The molecule has 2 aromatic rings. The van der Waals surface area contributed by atoms with E-state index in [4.69, 9.17) is 26.8 Å². The predicted octanol–water partition coefficient (Wildman–Crippen LogP) is 7.08. The number of hydrogen-bond acceptors (Lipinski definition) is 7. The van der Waals surface area contributed by atoms with Gasteiger partial charge >= 0.3 is 6.09 Å². The van der Waals surface area contributed by atoms with Crippen LogP contribution in [-0.2, 0) is 4.74 Å². The summed E-state index contributed by atoms with van der Waals surface area (Å²) >= 11 is 9.47. The standard InChI is InChI=1S/C30H42ClIN7O2P/c1-18-11-22(36-42-32)21(14-33)24(25(18)31)23-19(2)39(35-26(23)38-10-9-34-15-30(38)7-6-8-30)20-12-29(13-20)16-37(17-29)27(40)41-28(3,4)5/h11,14,20,33-34,36,42H,6-10,12-13,15-17H2,1-5H3. The van der Waals surface area contributed by atoms with Crippen molar-refractivity contribution in [2.45, 2.75) is 83.9 Å². The van der Waals surface area contributed by atoms with E-state index in [1.165, 1.54) is 12.6 Å². The molecule has 2 spiro atoms. The monoisotopic (exact) mass is 725 g/mol. The highest BCUT2D eigenvalue weighted by molar-refractivity contribution is 14.2. The predicted molar refractivity (Wildman–Crippen MR) is 181 cm³/mol. The minimum absolute atomic E-state index is 0.0766. The highest BCUT2D eigenvalue weighted by Crippen LogP contribution is 2.56. The van der Waals surface area contributed by atoms with E-state index in [1.807, 2.05) is 32.6 Å². The third-order valence-corrected chi connectivity index (χ3v) is 11.3. The minimum atomic E-state index is -0.484. The number of piperazine rings is 1. The SMILES string of the molecule is Cc1cc(NPI)c(C=N)c(-c2c(N3CCNCC34CCC4)nn(C3CC4(C3)CN(C(=O)OC(C)(C)C)C4)c2C)c1Cl. The minimum Gasteiger partial charge on any atom is -0.444 e. The Hall–Kier alpha value is -1.62. The van der Waals surface area contributed by atoms with Crippen LogP contribution in [0, 0.1) is 24.7 Å². The molecule has 4 fully saturated rings. The molecule has 3 heterocycles. The Labute approximate surface area is 268 Å². The van der Waals surface area contributed by atoms with Crippen molar-refractivity contribution in [1.82, 2.24) is 20.0 Å². The lowest BCUT2D eigenvalue weighted by molar-refractivity contribution is -0.0930. The fraction of sp³-hybridized carbons (Fsp3) is 0.633. The second-order valence-corrected chi connectivity index (χ2v) is 16.2. The third-order valence-electron chi connectivity index (χ3n) is 9.66. The van der Waals surface area contributed by atoms with E-state index < -0.39 is 5.60 Å². The van der Waals surface area contributed by atoms with E-state index in [2.05, 4.69) is 55.0 Å². The topological polar surface area (TPSA) is 98.5 Å². The van der Waals surface area contributed by atoms with Gasteiger partial charge in [0.25, 0.3) is 0 Å². The van der Waals surface area contributed by atoms with Crippen molar-refractivity contribution in [3.8, 4) is 11.1 Å². The molecule has 0 radical (unpaired) electrons. The average Bonchev–Trinajstić information content (AvgIpc) is 3.18. The molecule has 2 aliphatic heterocycles. The normalized spacial score (nSPS) is 21.4. The highest BCUT2D eigenvalue weighted by Gasteiger charge is 2.56. The second kappa shape index (κ2) is 11.1. The van der Waals surface area contributed by atoms with Gasteiger partial charge in [0.2, 0.25) is 0 Å². The number of nitrogens with one attached hydrogen (secondary N) is 3. The van der Waals surface area contributed by atoms with Gasteiger partial charge in [-0.25, -0.2) is 4.79 Å². The molecule has 12 heteroatoms. The Morgan fingerprint density at radius 2 is 2.00 bits per heavy atom. The van der Waals surface area contributed by atoms with Crippen LogP contribution in [0.4, 0.5) is 16.3 Å². The quantitative estimate of drug-likeness (QED) is 0.167. The van der Waals surface area contributed by atoms with Gasteiger partial charge in [0.1, 0.15) is 5.60 Å². The molecule has 1 aromatic heterocycles. The van der Waals surface area contributed by atoms with E-state index in [-0.39, 0.29) is 23.1 Å². The Morgan fingerprint density at radius 1 is 1.29 bits per heavy atom. The maximum absolute atomic E-state index is 12.6. The summed E-state index contributed by atoms with van der Waals surface area (Å²) in [5.74, 6) is 0.997. The fourth-order valence-corrected chi connectivity index (χ4v) is 8.92. The van der Waals surface area contributed by atoms with Gasteiger partial charge < -0.3 is 30.4 Å². The Balaban J connectivity index is 1.37. The molecule has 9 nitrogen and oxygen atoms in total. The number of aryl methyl sites for hydroxylation is 1. The summed E-state index contributed by atoms with van der Waals surface area (Å²) in [6, 6.07) is 2.32. The van der Waals surface area contributed by atoms with Crippen molar-refractivity contribution in [2.75, 3.05) is 42.7 Å². The molecule has 3 N–H and O–H groups in total. The molecule has 2 aliphatic carbocycles.